The molecule has 3 nitrogen and oxygen atoms in total. The van der Waals surface area contributed by atoms with E-state index in [1.807, 2.05) is 12.1 Å². The topological polar surface area (TPSA) is 35.5 Å². The van der Waals surface area contributed by atoms with Crippen LogP contribution in [0.5, 0.6) is 11.5 Å². The Morgan fingerprint density at radius 2 is 1.80 bits per heavy atom. The van der Waals surface area contributed by atoms with Crippen molar-refractivity contribution >= 4 is 14.1 Å². The second-order valence-corrected chi connectivity index (χ2v) is 11.6. The summed E-state index contributed by atoms with van der Waals surface area (Å²) in [6, 6.07) is 3.71. The summed E-state index contributed by atoms with van der Waals surface area (Å²) in [6.45, 7) is 11.0. The number of Topliss-reactive ketones (excluding diaryl/α,β-unsaturated/α-hetero) is 1. The maximum atomic E-state index is 11.9. The summed E-state index contributed by atoms with van der Waals surface area (Å²) < 4.78 is 11.9. The summed E-state index contributed by atoms with van der Waals surface area (Å²) in [7, 11) is -0.300. The first kappa shape index (κ1) is 15.1. The van der Waals surface area contributed by atoms with Gasteiger partial charge < -0.3 is 9.16 Å². The Bertz CT molecular complexity index is 541. The van der Waals surface area contributed by atoms with Crippen molar-refractivity contribution in [3.8, 4) is 11.5 Å². The van der Waals surface area contributed by atoms with Crippen LogP contribution in [0, 0.1) is 0 Å². The Morgan fingerprint density at radius 3 is 2.35 bits per heavy atom. The largest absolute Gasteiger partial charge is 0.541 e. The normalized spacial score (nSPS) is 15.2. The molecule has 0 saturated heterocycles. The van der Waals surface area contributed by atoms with E-state index in [2.05, 4.69) is 33.9 Å². The molecule has 0 heterocycles. The van der Waals surface area contributed by atoms with Gasteiger partial charge in [0.25, 0.3) is 8.32 Å². The molecule has 0 unspecified atom stereocenters. The molecule has 0 aliphatic heterocycles. The monoisotopic (exact) mass is 292 g/mol. The van der Waals surface area contributed by atoms with Gasteiger partial charge in [-0.15, -0.1) is 0 Å². The van der Waals surface area contributed by atoms with Crippen LogP contribution in [-0.2, 0) is 6.42 Å². The number of carbonyl (C=O) groups is 1. The highest BCUT2D eigenvalue weighted by Gasteiger charge is 2.40. The van der Waals surface area contributed by atoms with Crippen LogP contribution in [0.15, 0.2) is 12.1 Å². The molecule has 1 aromatic rings. The SMILES string of the molecule is COc1ccc2c(c1O[Si](C)(C)C(C)(C)C)CCC2=O. The van der Waals surface area contributed by atoms with E-state index in [-0.39, 0.29) is 10.8 Å². The molecule has 1 aromatic carbocycles. The van der Waals surface area contributed by atoms with Crippen LogP contribution in [0.4, 0.5) is 0 Å². The molecular weight excluding hydrogens is 268 g/mol. The van der Waals surface area contributed by atoms with Gasteiger partial charge in [0.1, 0.15) is 0 Å². The molecule has 20 heavy (non-hydrogen) atoms. The summed E-state index contributed by atoms with van der Waals surface area (Å²) >= 11 is 0. The third-order valence-electron chi connectivity index (χ3n) is 4.51. The van der Waals surface area contributed by atoms with E-state index >= 15 is 0 Å². The number of ketones is 1. The number of hydrogen-bond acceptors (Lipinski definition) is 3. The molecular formula is C16H24O3Si. The molecule has 0 bridgehead atoms. The molecule has 0 amide bonds. The van der Waals surface area contributed by atoms with Crippen LogP contribution in [0.2, 0.25) is 18.1 Å². The maximum absolute atomic E-state index is 11.9. The summed E-state index contributed by atoms with van der Waals surface area (Å²) in [5.41, 5.74) is 1.83. The van der Waals surface area contributed by atoms with Gasteiger partial charge in [-0.2, -0.15) is 0 Å². The van der Waals surface area contributed by atoms with Crippen molar-refractivity contribution < 1.29 is 14.0 Å². The fourth-order valence-electron chi connectivity index (χ4n) is 2.17. The molecule has 0 aromatic heterocycles. The van der Waals surface area contributed by atoms with E-state index in [9.17, 15) is 4.79 Å². The van der Waals surface area contributed by atoms with Gasteiger partial charge in [0.05, 0.1) is 7.11 Å². The van der Waals surface area contributed by atoms with Gasteiger partial charge in [0.15, 0.2) is 17.3 Å². The minimum atomic E-state index is -1.95. The number of rotatable bonds is 3. The summed E-state index contributed by atoms with van der Waals surface area (Å²) in [5, 5.41) is 0.114. The lowest BCUT2D eigenvalue weighted by atomic mass is 10.1. The highest BCUT2D eigenvalue weighted by Crippen LogP contribution is 2.44. The van der Waals surface area contributed by atoms with Gasteiger partial charge in [-0.1, -0.05) is 20.8 Å². The van der Waals surface area contributed by atoms with E-state index in [1.54, 1.807) is 7.11 Å². The molecule has 1 aliphatic carbocycles. The molecule has 2 rings (SSSR count). The number of fused-ring (bicyclic) bond motifs is 1. The van der Waals surface area contributed by atoms with Gasteiger partial charge in [-0.05, 0) is 36.7 Å². The highest BCUT2D eigenvalue weighted by atomic mass is 28.4. The van der Waals surface area contributed by atoms with Crippen LogP contribution in [-0.4, -0.2) is 21.2 Å². The quantitative estimate of drug-likeness (QED) is 0.783. The number of hydrogen-bond donors (Lipinski definition) is 0. The third kappa shape index (κ3) is 2.49. The smallest absolute Gasteiger partial charge is 0.250 e. The van der Waals surface area contributed by atoms with Crippen molar-refractivity contribution in [3.05, 3.63) is 23.3 Å². The average Bonchev–Trinajstić information content (AvgIpc) is 2.70. The first-order chi connectivity index (χ1) is 9.17. The summed E-state index contributed by atoms with van der Waals surface area (Å²) in [6.07, 6.45) is 1.34. The minimum absolute atomic E-state index is 0.114. The van der Waals surface area contributed by atoms with Crippen molar-refractivity contribution in [3.63, 3.8) is 0 Å². The van der Waals surface area contributed by atoms with Crippen molar-refractivity contribution in [2.24, 2.45) is 0 Å². The second-order valence-electron chi connectivity index (χ2n) is 6.91. The Labute approximate surface area is 122 Å². The average molecular weight is 292 g/mol. The molecule has 4 heteroatoms. The van der Waals surface area contributed by atoms with Crippen molar-refractivity contribution in [1.29, 1.82) is 0 Å². The van der Waals surface area contributed by atoms with E-state index in [0.717, 1.165) is 29.0 Å². The number of carbonyl (C=O) groups excluding carboxylic acids is 1. The fourth-order valence-corrected chi connectivity index (χ4v) is 3.21. The zero-order valence-corrected chi connectivity index (χ0v) is 14.3. The van der Waals surface area contributed by atoms with E-state index in [0.29, 0.717) is 6.42 Å². The lowest BCUT2D eigenvalue weighted by molar-refractivity contribution is 0.0994. The highest BCUT2D eigenvalue weighted by molar-refractivity contribution is 6.74. The molecule has 0 radical (unpaired) electrons. The van der Waals surface area contributed by atoms with Crippen molar-refractivity contribution in [2.45, 2.75) is 51.7 Å². The predicted octanol–water partition coefficient (Wildman–Crippen LogP) is 4.21. The van der Waals surface area contributed by atoms with E-state index in [4.69, 9.17) is 9.16 Å². The standard InChI is InChI=1S/C16H24O3Si/c1-16(2,3)20(5,6)19-15-12-7-9-13(17)11(12)8-10-14(15)18-4/h8,10H,7,9H2,1-6H3. The van der Waals surface area contributed by atoms with Gasteiger partial charge in [0, 0.05) is 17.5 Å². The lowest BCUT2D eigenvalue weighted by Crippen LogP contribution is -2.44. The van der Waals surface area contributed by atoms with Crippen LogP contribution >= 0.6 is 0 Å². The second kappa shape index (κ2) is 4.92. The van der Waals surface area contributed by atoms with Crippen LogP contribution in [0.3, 0.4) is 0 Å². The summed E-state index contributed by atoms with van der Waals surface area (Å²) in [4.78, 5) is 11.9. The zero-order chi connectivity index (χ0) is 15.1. The van der Waals surface area contributed by atoms with Gasteiger partial charge in [-0.25, -0.2) is 0 Å². The third-order valence-corrected chi connectivity index (χ3v) is 8.84. The number of benzene rings is 1. The number of ether oxygens (including phenoxy) is 1. The first-order valence-electron chi connectivity index (χ1n) is 7.09. The summed E-state index contributed by atoms with van der Waals surface area (Å²) in [5.74, 6) is 1.74. The lowest BCUT2D eigenvalue weighted by Gasteiger charge is -2.37. The molecule has 0 fully saturated rings. The van der Waals surface area contributed by atoms with Gasteiger partial charge in [-0.3, -0.25) is 4.79 Å². The Hall–Kier alpha value is -1.29. The fraction of sp³-hybridized carbons (Fsp3) is 0.562. The Balaban J connectivity index is 2.49. The number of methoxy groups -OCH3 is 1. The maximum Gasteiger partial charge on any atom is 0.250 e. The minimum Gasteiger partial charge on any atom is -0.541 e. The van der Waals surface area contributed by atoms with Gasteiger partial charge >= 0.3 is 0 Å². The van der Waals surface area contributed by atoms with Crippen molar-refractivity contribution in [2.75, 3.05) is 7.11 Å². The Morgan fingerprint density at radius 1 is 1.15 bits per heavy atom. The Kier molecular flexibility index (Phi) is 3.71. The van der Waals surface area contributed by atoms with Crippen LogP contribution < -0.4 is 9.16 Å². The van der Waals surface area contributed by atoms with E-state index in [1.165, 1.54) is 0 Å². The van der Waals surface area contributed by atoms with Gasteiger partial charge in [0.2, 0.25) is 0 Å². The zero-order valence-electron chi connectivity index (χ0n) is 13.3. The van der Waals surface area contributed by atoms with E-state index < -0.39 is 8.32 Å². The predicted molar refractivity (Wildman–Crippen MR) is 83.5 cm³/mol. The first-order valence-corrected chi connectivity index (χ1v) is 10.0. The molecule has 0 spiro atoms. The molecule has 1 aliphatic rings. The molecule has 110 valence electrons. The van der Waals surface area contributed by atoms with Crippen LogP contribution in [0.25, 0.3) is 0 Å². The molecule has 0 N–H and O–H groups in total. The van der Waals surface area contributed by atoms with Crippen LogP contribution in [0.1, 0.15) is 43.1 Å². The van der Waals surface area contributed by atoms with Crippen molar-refractivity contribution in [1.82, 2.24) is 0 Å². The molecule has 0 saturated carbocycles. The molecule has 0 atom stereocenters.